The lowest BCUT2D eigenvalue weighted by Gasteiger charge is -2.35. The zero-order valence-corrected chi connectivity index (χ0v) is 19.5. The molecule has 0 bridgehead atoms. The summed E-state index contributed by atoms with van der Waals surface area (Å²) in [6, 6.07) is 15.1. The third kappa shape index (κ3) is 4.77. The average molecular weight is 473 g/mol. The number of likely N-dealkylation sites (tertiary alicyclic amines) is 1. The Kier molecular flexibility index (Phi) is 6.51. The molecule has 1 unspecified atom stereocenters. The van der Waals surface area contributed by atoms with E-state index in [0.717, 1.165) is 43.5 Å². The Bertz CT molecular complexity index is 1200. The molecule has 1 N–H and O–H groups in total. The number of nitrogens with one attached hydrogen (secondary N) is 1. The molecule has 8 nitrogen and oxygen atoms in total. The van der Waals surface area contributed by atoms with E-state index in [9.17, 15) is 19.6 Å². The second-order valence-electron chi connectivity index (χ2n) is 9.42. The van der Waals surface area contributed by atoms with Crippen LogP contribution in [0.1, 0.15) is 59.2 Å². The number of hydrogen-bond acceptors (Lipinski definition) is 6. The number of carbonyl (C=O) groups is 3. The minimum absolute atomic E-state index is 0.185. The van der Waals surface area contributed by atoms with Crippen LogP contribution in [0.15, 0.2) is 42.5 Å². The van der Waals surface area contributed by atoms with Gasteiger partial charge in [-0.1, -0.05) is 24.6 Å². The number of nitriles is 1. The van der Waals surface area contributed by atoms with E-state index in [1.54, 1.807) is 11.0 Å². The summed E-state index contributed by atoms with van der Waals surface area (Å²) in [7, 11) is 0. The fraction of sp³-hybridized carbons (Fsp3) is 0.407. The number of ether oxygens (including phenoxy) is 1. The Morgan fingerprint density at radius 2 is 1.94 bits per heavy atom. The van der Waals surface area contributed by atoms with Crippen molar-refractivity contribution in [2.75, 3.05) is 13.2 Å². The number of piperidine rings is 2. The molecular weight excluding hydrogens is 444 g/mol. The highest BCUT2D eigenvalue weighted by atomic mass is 16.5. The van der Waals surface area contributed by atoms with Crippen LogP contribution in [-0.4, -0.2) is 52.8 Å². The van der Waals surface area contributed by atoms with Crippen LogP contribution in [0.25, 0.3) is 0 Å². The van der Waals surface area contributed by atoms with Crippen LogP contribution in [-0.2, 0) is 22.7 Å². The molecule has 2 fully saturated rings. The third-order valence-corrected chi connectivity index (χ3v) is 7.20. The second-order valence-corrected chi connectivity index (χ2v) is 9.42. The largest absolute Gasteiger partial charge is 0.492 e. The van der Waals surface area contributed by atoms with Crippen molar-refractivity contribution in [2.45, 2.75) is 57.3 Å². The van der Waals surface area contributed by atoms with Crippen molar-refractivity contribution < 1.29 is 19.1 Å². The molecule has 0 saturated carbocycles. The van der Waals surface area contributed by atoms with Gasteiger partial charge in [0.2, 0.25) is 11.8 Å². The van der Waals surface area contributed by atoms with E-state index in [4.69, 9.17) is 4.74 Å². The number of fused-ring (bicyclic) bond motifs is 1. The Labute approximate surface area is 204 Å². The highest BCUT2D eigenvalue weighted by molar-refractivity contribution is 6.05. The standard InChI is InChI=1S/C27H28N4O4/c28-14-18-5-1-2-6-19(18)15-30-12-4-3-7-21(30)17-35-22-8-9-23-20(13-22)16-31(27(23)34)24-10-11-25(32)29-26(24)33/h1-2,5-6,8-9,13,21,24H,3-4,7,10-12,15-17H2,(H,29,32,33)/t21-,24?/m0/s1. The van der Waals surface area contributed by atoms with Crippen molar-refractivity contribution in [1.82, 2.24) is 15.1 Å². The predicted octanol–water partition coefficient (Wildman–Crippen LogP) is 2.75. The topological polar surface area (TPSA) is 103 Å². The van der Waals surface area contributed by atoms with Gasteiger partial charge in [0, 0.05) is 31.1 Å². The lowest BCUT2D eigenvalue weighted by molar-refractivity contribution is -0.136. The summed E-state index contributed by atoms with van der Waals surface area (Å²) in [5, 5.41) is 11.8. The zero-order chi connectivity index (χ0) is 24.4. The smallest absolute Gasteiger partial charge is 0.255 e. The van der Waals surface area contributed by atoms with Crippen LogP contribution < -0.4 is 10.1 Å². The van der Waals surface area contributed by atoms with Gasteiger partial charge in [-0.2, -0.15) is 5.26 Å². The first-order valence-corrected chi connectivity index (χ1v) is 12.2. The normalized spacial score (nSPS) is 22.5. The molecule has 2 atom stereocenters. The maximum atomic E-state index is 12.9. The summed E-state index contributed by atoms with van der Waals surface area (Å²) in [5.74, 6) is -0.187. The first-order chi connectivity index (χ1) is 17.0. The van der Waals surface area contributed by atoms with Crippen molar-refractivity contribution in [3.63, 3.8) is 0 Å². The maximum absolute atomic E-state index is 12.9. The zero-order valence-electron chi connectivity index (χ0n) is 19.5. The fourth-order valence-corrected chi connectivity index (χ4v) is 5.28. The Morgan fingerprint density at radius 3 is 2.77 bits per heavy atom. The molecule has 3 amide bonds. The van der Waals surface area contributed by atoms with Crippen LogP contribution in [0.3, 0.4) is 0 Å². The molecule has 2 aromatic carbocycles. The minimum atomic E-state index is -0.621. The highest BCUT2D eigenvalue weighted by Gasteiger charge is 2.39. The molecule has 0 aliphatic carbocycles. The van der Waals surface area contributed by atoms with Gasteiger partial charge in [0.15, 0.2) is 0 Å². The molecule has 0 radical (unpaired) electrons. The van der Waals surface area contributed by atoms with Crippen LogP contribution >= 0.6 is 0 Å². The van der Waals surface area contributed by atoms with Gasteiger partial charge in [0.05, 0.1) is 11.6 Å². The molecule has 0 spiro atoms. The van der Waals surface area contributed by atoms with Gasteiger partial charge in [-0.15, -0.1) is 0 Å². The lowest BCUT2D eigenvalue weighted by Crippen LogP contribution is -2.52. The second kappa shape index (κ2) is 9.88. The van der Waals surface area contributed by atoms with Gasteiger partial charge in [-0.3, -0.25) is 24.6 Å². The number of rotatable bonds is 6. The highest BCUT2D eigenvalue weighted by Crippen LogP contribution is 2.30. The van der Waals surface area contributed by atoms with Crippen LogP contribution in [0, 0.1) is 11.3 Å². The molecule has 180 valence electrons. The molecule has 3 heterocycles. The lowest BCUT2D eigenvalue weighted by atomic mass is 10.0. The van der Waals surface area contributed by atoms with E-state index in [-0.39, 0.29) is 24.3 Å². The minimum Gasteiger partial charge on any atom is -0.492 e. The van der Waals surface area contributed by atoms with E-state index >= 15 is 0 Å². The summed E-state index contributed by atoms with van der Waals surface area (Å²) < 4.78 is 6.19. The fourth-order valence-electron chi connectivity index (χ4n) is 5.28. The number of benzene rings is 2. The van der Waals surface area contributed by atoms with E-state index in [0.29, 0.717) is 36.4 Å². The SMILES string of the molecule is N#Cc1ccccc1CN1CCCC[C@H]1COc1ccc2c(c1)CN(C1CCC(=O)NC1=O)C2=O. The summed E-state index contributed by atoms with van der Waals surface area (Å²) in [6.07, 6.45) is 3.88. The Balaban J connectivity index is 1.24. The molecule has 5 rings (SSSR count). The first-order valence-electron chi connectivity index (χ1n) is 12.2. The average Bonchev–Trinajstić information content (AvgIpc) is 3.19. The van der Waals surface area contributed by atoms with E-state index in [1.165, 1.54) is 0 Å². The maximum Gasteiger partial charge on any atom is 0.255 e. The van der Waals surface area contributed by atoms with Crippen LogP contribution in [0.2, 0.25) is 0 Å². The summed E-state index contributed by atoms with van der Waals surface area (Å²) in [6.45, 7) is 2.54. The molecule has 0 aromatic heterocycles. The molecule has 35 heavy (non-hydrogen) atoms. The van der Waals surface area contributed by atoms with Gasteiger partial charge in [-0.25, -0.2) is 0 Å². The number of amides is 3. The van der Waals surface area contributed by atoms with Gasteiger partial charge in [-0.05, 0) is 61.2 Å². The van der Waals surface area contributed by atoms with E-state index in [1.807, 2.05) is 36.4 Å². The number of hydrogen-bond donors (Lipinski definition) is 1. The van der Waals surface area contributed by atoms with Gasteiger partial charge >= 0.3 is 0 Å². The summed E-state index contributed by atoms with van der Waals surface area (Å²) >= 11 is 0. The Morgan fingerprint density at radius 1 is 1.09 bits per heavy atom. The molecular formula is C27H28N4O4. The molecule has 2 saturated heterocycles. The number of carbonyl (C=O) groups excluding carboxylic acids is 3. The summed E-state index contributed by atoms with van der Waals surface area (Å²) in [4.78, 5) is 40.6. The monoisotopic (exact) mass is 472 g/mol. The van der Waals surface area contributed by atoms with Gasteiger partial charge in [0.1, 0.15) is 18.4 Å². The van der Waals surface area contributed by atoms with Crippen LogP contribution in [0.5, 0.6) is 5.75 Å². The molecule has 8 heteroatoms. The number of imide groups is 1. The first kappa shape index (κ1) is 23.1. The van der Waals surface area contributed by atoms with Crippen molar-refractivity contribution >= 4 is 17.7 Å². The van der Waals surface area contributed by atoms with Crippen molar-refractivity contribution in [3.05, 3.63) is 64.7 Å². The molecule has 3 aliphatic rings. The van der Waals surface area contributed by atoms with Crippen LogP contribution in [0.4, 0.5) is 0 Å². The third-order valence-electron chi connectivity index (χ3n) is 7.20. The predicted molar refractivity (Wildman–Crippen MR) is 127 cm³/mol. The quantitative estimate of drug-likeness (QED) is 0.649. The molecule has 2 aromatic rings. The molecule has 3 aliphatic heterocycles. The van der Waals surface area contributed by atoms with Crippen molar-refractivity contribution in [1.29, 1.82) is 5.26 Å². The Hall–Kier alpha value is -3.70. The number of nitrogens with zero attached hydrogens (tertiary/aromatic N) is 3. The van der Waals surface area contributed by atoms with Gasteiger partial charge in [0.25, 0.3) is 5.91 Å². The van der Waals surface area contributed by atoms with Crippen molar-refractivity contribution in [2.24, 2.45) is 0 Å². The summed E-state index contributed by atoms with van der Waals surface area (Å²) in [5.41, 5.74) is 3.16. The van der Waals surface area contributed by atoms with E-state index < -0.39 is 11.9 Å². The van der Waals surface area contributed by atoms with E-state index in [2.05, 4.69) is 16.3 Å². The van der Waals surface area contributed by atoms with Gasteiger partial charge < -0.3 is 9.64 Å². The van der Waals surface area contributed by atoms with Crippen molar-refractivity contribution in [3.8, 4) is 11.8 Å².